The average molecular weight is 426 g/mol. The summed E-state index contributed by atoms with van der Waals surface area (Å²) >= 11 is 1.50. The third kappa shape index (κ3) is 4.77. The fourth-order valence-electron chi connectivity index (χ4n) is 3.61. The number of para-hydroxylation sites is 1. The molecular formula is C22H23N3O4S. The fourth-order valence-corrected chi connectivity index (χ4v) is 4.44. The number of amides is 1. The number of rotatable bonds is 8. The van der Waals surface area contributed by atoms with Crippen molar-refractivity contribution in [2.75, 3.05) is 19.7 Å². The monoisotopic (exact) mass is 425 g/mol. The minimum atomic E-state index is -0.415. The Morgan fingerprint density at radius 3 is 2.70 bits per heavy atom. The number of piperidine rings is 1. The van der Waals surface area contributed by atoms with E-state index in [2.05, 4.69) is 4.98 Å². The van der Waals surface area contributed by atoms with Crippen LogP contribution in [0.1, 0.15) is 12.8 Å². The maximum absolute atomic E-state index is 11.7. The summed E-state index contributed by atoms with van der Waals surface area (Å²) in [6.07, 6.45) is 2.14. The summed E-state index contributed by atoms with van der Waals surface area (Å²) < 4.78 is 12.7. The number of hydrogen-bond acceptors (Lipinski definition) is 7. The summed E-state index contributed by atoms with van der Waals surface area (Å²) in [7, 11) is 0. The molecule has 2 atom stereocenters. The molecule has 0 aliphatic carbocycles. The number of aldehydes is 1. The Hall–Kier alpha value is -2.97. The van der Waals surface area contributed by atoms with Gasteiger partial charge in [-0.15, -0.1) is 0 Å². The van der Waals surface area contributed by atoms with Crippen LogP contribution in [0.4, 0.5) is 0 Å². The van der Waals surface area contributed by atoms with Gasteiger partial charge in [0, 0.05) is 12.5 Å². The van der Waals surface area contributed by atoms with Crippen molar-refractivity contribution in [2.24, 2.45) is 11.7 Å². The van der Waals surface area contributed by atoms with Gasteiger partial charge in [-0.1, -0.05) is 23.5 Å². The number of aromatic nitrogens is 1. The molecule has 4 rings (SSSR count). The van der Waals surface area contributed by atoms with E-state index in [1.165, 1.54) is 11.3 Å². The third-order valence-corrected chi connectivity index (χ3v) is 6.14. The first-order valence-electron chi connectivity index (χ1n) is 9.87. The molecule has 8 heteroatoms. The molecule has 0 bridgehead atoms. The lowest BCUT2D eigenvalue weighted by atomic mass is 9.91. The Bertz CT molecular complexity index is 988. The molecule has 1 aliphatic heterocycles. The van der Waals surface area contributed by atoms with E-state index in [-0.39, 0.29) is 5.92 Å². The van der Waals surface area contributed by atoms with E-state index < -0.39 is 11.9 Å². The van der Waals surface area contributed by atoms with Crippen LogP contribution in [0.15, 0.2) is 48.5 Å². The summed E-state index contributed by atoms with van der Waals surface area (Å²) in [4.78, 5) is 29.2. The van der Waals surface area contributed by atoms with Gasteiger partial charge in [0.2, 0.25) is 5.91 Å². The number of nitrogens with two attached hydrogens (primary N) is 1. The zero-order chi connectivity index (χ0) is 20.9. The zero-order valence-electron chi connectivity index (χ0n) is 16.4. The first-order chi connectivity index (χ1) is 14.6. The number of primary amides is 1. The minimum absolute atomic E-state index is 0.0948. The zero-order valence-corrected chi connectivity index (χ0v) is 17.2. The van der Waals surface area contributed by atoms with Crippen molar-refractivity contribution < 1.29 is 19.1 Å². The number of hydrogen-bond donors (Lipinski definition) is 1. The van der Waals surface area contributed by atoms with Gasteiger partial charge in [0.25, 0.3) is 5.19 Å². The smallest absolute Gasteiger partial charge is 0.279 e. The van der Waals surface area contributed by atoms with Crippen LogP contribution in [-0.2, 0) is 9.59 Å². The highest BCUT2D eigenvalue weighted by Gasteiger charge is 2.31. The summed E-state index contributed by atoms with van der Waals surface area (Å²) in [5.74, 6) is 0.914. The Kier molecular flexibility index (Phi) is 6.25. The van der Waals surface area contributed by atoms with Crippen LogP contribution in [0, 0.1) is 5.92 Å². The van der Waals surface area contributed by atoms with Crippen LogP contribution in [-0.4, -0.2) is 47.8 Å². The molecule has 1 saturated heterocycles. The maximum Gasteiger partial charge on any atom is 0.279 e. The van der Waals surface area contributed by atoms with Crippen molar-refractivity contribution in [1.29, 1.82) is 0 Å². The molecule has 1 fully saturated rings. The molecule has 2 aromatic carbocycles. The van der Waals surface area contributed by atoms with E-state index in [4.69, 9.17) is 15.2 Å². The predicted octanol–water partition coefficient (Wildman–Crippen LogP) is 3.23. The highest BCUT2D eigenvalue weighted by atomic mass is 32.1. The molecule has 1 amide bonds. The topological polar surface area (TPSA) is 94.8 Å². The molecular weight excluding hydrogens is 402 g/mol. The average Bonchev–Trinajstić information content (AvgIpc) is 3.17. The van der Waals surface area contributed by atoms with Gasteiger partial charge in [-0.25, -0.2) is 4.98 Å². The first kappa shape index (κ1) is 20.3. The number of nitrogens with zero attached hydrogens (tertiary/aromatic N) is 2. The molecule has 1 aliphatic rings. The van der Waals surface area contributed by atoms with E-state index in [0.29, 0.717) is 42.8 Å². The summed E-state index contributed by atoms with van der Waals surface area (Å²) in [5.41, 5.74) is 6.43. The van der Waals surface area contributed by atoms with Gasteiger partial charge >= 0.3 is 0 Å². The van der Waals surface area contributed by atoms with Gasteiger partial charge in [-0.05, 0) is 55.8 Å². The molecule has 30 heavy (non-hydrogen) atoms. The van der Waals surface area contributed by atoms with E-state index in [1.54, 1.807) is 0 Å². The second-order valence-electron chi connectivity index (χ2n) is 7.24. The van der Waals surface area contributed by atoms with Gasteiger partial charge in [0.1, 0.15) is 24.4 Å². The Morgan fingerprint density at radius 1 is 1.20 bits per heavy atom. The molecule has 7 nitrogen and oxygen atoms in total. The number of likely N-dealkylation sites (tertiary alicyclic amines) is 1. The maximum atomic E-state index is 11.7. The number of benzene rings is 2. The lowest BCUT2D eigenvalue weighted by molar-refractivity contribution is -0.126. The summed E-state index contributed by atoms with van der Waals surface area (Å²) in [5, 5.41) is 0.598. The highest BCUT2D eigenvalue weighted by Crippen LogP contribution is 2.31. The van der Waals surface area contributed by atoms with Crippen molar-refractivity contribution in [3.8, 4) is 16.7 Å². The third-order valence-electron chi connectivity index (χ3n) is 5.23. The molecule has 1 aromatic heterocycles. The van der Waals surface area contributed by atoms with Gasteiger partial charge in [0.15, 0.2) is 0 Å². The van der Waals surface area contributed by atoms with Crippen LogP contribution in [0.25, 0.3) is 10.2 Å². The molecule has 3 aromatic rings. The summed E-state index contributed by atoms with van der Waals surface area (Å²) in [6, 6.07) is 14.8. The SMILES string of the molecule is NC(=O)C1CC(C=O)CCN1CCOc1ccc(Oc2nc3ccccc3s2)cc1. The van der Waals surface area contributed by atoms with E-state index in [1.807, 2.05) is 53.4 Å². The van der Waals surface area contributed by atoms with Gasteiger partial charge in [-0.3, -0.25) is 9.69 Å². The Labute approximate surface area is 178 Å². The molecule has 0 saturated carbocycles. The van der Waals surface area contributed by atoms with Crippen molar-refractivity contribution in [1.82, 2.24) is 9.88 Å². The lowest BCUT2D eigenvalue weighted by Gasteiger charge is -2.35. The highest BCUT2D eigenvalue weighted by molar-refractivity contribution is 7.20. The second kappa shape index (κ2) is 9.23. The number of fused-ring (bicyclic) bond motifs is 1. The fraction of sp³-hybridized carbons (Fsp3) is 0.318. The minimum Gasteiger partial charge on any atom is -0.492 e. The van der Waals surface area contributed by atoms with Gasteiger partial charge in [-0.2, -0.15) is 0 Å². The quantitative estimate of drug-likeness (QED) is 0.557. The van der Waals surface area contributed by atoms with Gasteiger partial charge in [0.05, 0.1) is 16.3 Å². The Morgan fingerprint density at radius 2 is 1.97 bits per heavy atom. The van der Waals surface area contributed by atoms with Crippen LogP contribution in [0.3, 0.4) is 0 Å². The van der Waals surface area contributed by atoms with Crippen LogP contribution >= 0.6 is 11.3 Å². The van der Waals surface area contributed by atoms with Crippen LogP contribution in [0.5, 0.6) is 16.7 Å². The van der Waals surface area contributed by atoms with Crippen molar-refractivity contribution >= 4 is 33.7 Å². The standard InChI is InChI=1S/C22H23N3O4S/c23-21(27)19-13-15(14-26)9-10-25(19)11-12-28-16-5-7-17(8-6-16)29-22-24-18-3-1-2-4-20(18)30-22/h1-8,14-15,19H,9-13H2,(H2,23,27). The van der Waals surface area contributed by atoms with Crippen molar-refractivity contribution in [3.63, 3.8) is 0 Å². The molecule has 2 heterocycles. The number of carbonyl (C=O) groups is 2. The number of carbonyl (C=O) groups excluding carboxylic acids is 2. The van der Waals surface area contributed by atoms with Crippen LogP contribution < -0.4 is 15.2 Å². The van der Waals surface area contributed by atoms with E-state index >= 15 is 0 Å². The molecule has 2 unspecified atom stereocenters. The second-order valence-corrected chi connectivity index (χ2v) is 8.24. The Balaban J connectivity index is 1.29. The van der Waals surface area contributed by atoms with Crippen LogP contribution in [0.2, 0.25) is 0 Å². The number of ether oxygens (including phenoxy) is 2. The van der Waals surface area contributed by atoms with Crippen molar-refractivity contribution in [3.05, 3.63) is 48.5 Å². The van der Waals surface area contributed by atoms with E-state index in [9.17, 15) is 9.59 Å². The molecule has 2 N–H and O–H groups in total. The van der Waals surface area contributed by atoms with E-state index in [0.717, 1.165) is 22.9 Å². The predicted molar refractivity (Wildman–Crippen MR) is 115 cm³/mol. The molecule has 0 radical (unpaired) electrons. The normalized spacial score (nSPS) is 19.5. The summed E-state index contributed by atoms with van der Waals surface area (Å²) in [6.45, 7) is 1.66. The first-order valence-corrected chi connectivity index (χ1v) is 10.7. The molecule has 156 valence electrons. The lowest BCUT2D eigenvalue weighted by Crippen LogP contribution is -2.51. The van der Waals surface area contributed by atoms with Gasteiger partial charge < -0.3 is 20.0 Å². The molecule has 0 spiro atoms. The number of thiazole rings is 1. The largest absolute Gasteiger partial charge is 0.492 e. The van der Waals surface area contributed by atoms with Crippen molar-refractivity contribution in [2.45, 2.75) is 18.9 Å².